The molecule has 5 nitrogen and oxygen atoms in total. The van der Waals surface area contributed by atoms with Crippen molar-refractivity contribution in [1.82, 2.24) is 15.1 Å². The number of halogens is 4. The maximum absolute atomic E-state index is 13.5. The van der Waals surface area contributed by atoms with Gasteiger partial charge in [0.05, 0.1) is 23.5 Å². The third-order valence-corrected chi connectivity index (χ3v) is 3.76. The van der Waals surface area contributed by atoms with Gasteiger partial charge < -0.3 is 11.1 Å². The minimum atomic E-state index is -4.49. The van der Waals surface area contributed by atoms with E-state index in [1.54, 1.807) is 19.9 Å². The summed E-state index contributed by atoms with van der Waals surface area (Å²) in [6, 6.07) is 5.94. The monoisotopic (exact) mass is 495 g/mol. The molecule has 27 heavy (non-hydrogen) atoms. The molecule has 0 radical (unpaired) electrons. The van der Waals surface area contributed by atoms with Crippen molar-refractivity contribution in [1.29, 1.82) is 0 Å². The van der Waals surface area contributed by atoms with Crippen LogP contribution in [0.1, 0.15) is 36.4 Å². The maximum Gasteiger partial charge on any atom is 0.416 e. The normalized spacial score (nSPS) is 12.2. The Morgan fingerprint density at radius 1 is 1.26 bits per heavy atom. The largest absolute Gasteiger partial charge is 0.416 e. The van der Waals surface area contributed by atoms with E-state index in [-0.39, 0.29) is 42.0 Å². The molecule has 0 aliphatic carbocycles. The van der Waals surface area contributed by atoms with E-state index in [0.717, 1.165) is 17.5 Å². The second-order valence-corrected chi connectivity index (χ2v) is 6.65. The molecular weight excluding hydrogens is 470 g/mol. The lowest BCUT2D eigenvalue weighted by Gasteiger charge is -2.15. The lowest BCUT2D eigenvalue weighted by molar-refractivity contribution is -0.138. The highest BCUT2D eigenvalue weighted by Gasteiger charge is 2.33. The molecule has 0 unspecified atom stereocenters. The first-order valence-corrected chi connectivity index (χ1v) is 8.35. The van der Waals surface area contributed by atoms with Gasteiger partial charge in [0.2, 0.25) is 0 Å². The molecule has 1 aromatic heterocycles. The Hall–Kier alpha value is -1.78. The second kappa shape index (κ2) is 9.43. The summed E-state index contributed by atoms with van der Waals surface area (Å²) in [6.45, 7) is 8.05. The molecule has 0 saturated heterocycles. The smallest absolute Gasteiger partial charge is 0.370 e. The van der Waals surface area contributed by atoms with Crippen LogP contribution in [-0.2, 0) is 12.7 Å². The van der Waals surface area contributed by atoms with Gasteiger partial charge in [-0.1, -0.05) is 19.9 Å². The fourth-order valence-electron chi connectivity index (χ4n) is 2.52. The minimum absolute atomic E-state index is 0. The number of aryl methyl sites for hydroxylation is 2. The van der Waals surface area contributed by atoms with Gasteiger partial charge in [0.25, 0.3) is 0 Å². The second-order valence-electron chi connectivity index (χ2n) is 6.65. The number of alkyl halides is 3. The van der Waals surface area contributed by atoms with E-state index in [4.69, 9.17) is 5.73 Å². The van der Waals surface area contributed by atoms with E-state index in [2.05, 4.69) is 15.4 Å². The zero-order chi connectivity index (χ0) is 19.5. The number of guanidine groups is 1. The van der Waals surface area contributed by atoms with E-state index in [9.17, 15) is 13.2 Å². The van der Waals surface area contributed by atoms with Crippen molar-refractivity contribution < 1.29 is 13.2 Å². The standard InChI is InChI=1S/C18H24F3N5.HI/c1-11(2)9-23-17(22)24-10-14-5-6-15(8-16(14)18(19,20)21)26-13(4)7-12(3)25-26;/h5-8,11H,9-10H2,1-4H3,(H3,22,23,24);1H. The summed E-state index contributed by atoms with van der Waals surface area (Å²) in [7, 11) is 0. The van der Waals surface area contributed by atoms with Gasteiger partial charge in [0.15, 0.2) is 5.96 Å². The van der Waals surface area contributed by atoms with Crippen LogP contribution in [0, 0.1) is 19.8 Å². The predicted octanol–water partition coefficient (Wildman–Crippen LogP) is 4.19. The Morgan fingerprint density at radius 3 is 2.44 bits per heavy atom. The van der Waals surface area contributed by atoms with Crippen molar-refractivity contribution >= 4 is 29.9 Å². The number of benzene rings is 1. The van der Waals surface area contributed by atoms with Gasteiger partial charge in [-0.3, -0.25) is 0 Å². The first-order valence-electron chi connectivity index (χ1n) is 8.35. The third-order valence-electron chi connectivity index (χ3n) is 3.76. The van der Waals surface area contributed by atoms with Crippen LogP contribution in [0.2, 0.25) is 0 Å². The molecule has 0 aliphatic rings. The number of hydrogen-bond donors (Lipinski definition) is 2. The summed E-state index contributed by atoms with van der Waals surface area (Å²) in [5.74, 6) is 0.490. The summed E-state index contributed by atoms with van der Waals surface area (Å²) in [6.07, 6.45) is -4.49. The van der Waals surface area contributed by atoms with Crippen molar-refractivity contribution in [3.63, 3.8) is 0 Å². The van der Waals surface area contributed by atoms with Gasteiger partial charge in [0, 0.05) is 12.2 Å². The molecule has 0 aliphatic heterocycles. The highest BCUT2D eigenvalue weighted by molar-refractivity contribution is 14.0. The third kappa shape index (κ3) is 6.40. The highest BCUT2D eigenvalue weighted by Crippen LogP contribution is 2.34. The lowest BCUT2D eigenvalue weighted by Crippen LogP contribution is -2.34. The molecule has 2 rings (SSSR count). The van der Waals surface area contributed by atoms with Crippen LogP contribution < -0.4 is 11.1 Å². The molecule has 1 aromatic carbocycles. The summed E-state index contributed by atoms with van der Waals surface area (Å²) in [4.78, 5) is 4.03. The highest BCUT2D eigenvalue weighted by atomic mass is 127. The Balaban J connectivity index is 0.00000364. The maximum atomic E-state index is 13.5. The fourth-order valence-corrected chi connectivity index (χ4v) is 2.52. The summed E-state index contributed by atoms with van der Waals surface area (Å²) >= 11 is 0. The van der Waals surface area contributed by atoms with Crippen molar-refractivity contribution in [2.45, 2.75) is 40.4 Å². The number of nitrogens with zero attached hydrogens (tertiary/aromatic N) is 3. The molecule has 0 saturated carbocycles. The number of nitrogens with two attached hydrogens (primary N) is 1. The molecule has 0 fully saturated rings. The fraction of sp³-hybridized carbons (Fsp3) is 0.444. The van der Waals surface area contributed by atoms with Crippen molar-refractivity contribution in [2.24, 2.45) is 16.6 Å². The Bertz CT molecular complexity index is 797. The Labute approximate surface area is 174 Å². The van der Waals surface area contributed by atoms with E-state index in [0.29, 0.717) is 18.2 Å². The average Bonchev–Trinajstić information content (AvgIpc) is 2.88. The zero-order valence-corrected chi connectivity index (χ0v) is 18.1. The molecular formula is C18H25F3IN5. The van der Waals surface area contributed by atoms with Gasteiger partial charge in [-0.15, -0.1) is 24.0 Å². The molecule has 0 spiro atoms. The van der Waals surface area contributed by atoms with Gasteiger partial charge in [0.1, 0.15) is 0 Å². The van der Waals surface area contributed by atoms with E-state index in [1.165, 1.54) is 10.7 Å². The number of hydrogen-bond acceptors (Lipinski definition) is 2. The SMILES string of the molecule is Cc1cc(C)n(-c2ccc(CN=C(N)NCC(C)C)c(C(F)(F)F)c2)n1.I. The van der Waals surface area contributed by atoms with Crippen LogP contribution in [0.5, 0.6) is 0 Å². The topological polar surface area (TPSA) is 68.2 Å². The van der Waals surface area contributed by atoms with Crippen molar-refractivity contribution in [3.05, 3.63) is 46.8 Å². The number of aliphatic imine (C=N–C) groups is 1. The predicted molar refractivity (Wildman–Crippen MR) is 112 cm³/mol. The minimum Gasteiger partial charge on any atom is -0.370 e. The molecule has 150 valence electrons. The summed E-state index contributed by atoms with van der Waals surface area (Å²) < 4.78 is 42.0. The molecule has 0 atom stereocenters. The van der Waals surface area contributed by atoms with Crippen LogP contribution in [0.15, 0.2) is 29.3 Å². The van der Waals surface area contributed by atoms with Crippen molar-refractivity contribution in [2.75, 3.05) is 6.54 Å². The molecule has 3 N–H and O–H groups in total. The zero-order valence-electron chi connectivity index (χ0n) is 15.8. The van der Waals surface area contributed by atoms with Gasteiger partial charge >= 0.3 is 6.18 Å². The molecule has 1 heterocycles. The van der Waals surface area contributed by atoms with Gasteiger partial charge in [-0.05, 0) is 43.5 Å². The Kier molecular flexibility index (Phi) is 8.12. The van der Waals surface area contributed by atoms with Gasteiger partial charge in [-0.25, -0.2) is 9.67 Å². The average molecular weight is 495 g/mol. The molecule has 9 heteroatoms. The van der Waals surface area contributed by atoms with Crippen LogP contribution in [0.25, 0.3) is 5.69 Å². The van der Waals surface area contributed by atoms with E-state index in [1.807, 2.05) is 19.9 Å². The number of aromatic nitrogens is 2. The van der Waals surface area contributed by atoms with Gasteiger partial charge in [-0.2, -0.15) is 18.3 Å². The van der Waals surface area contributed by atoms with Crippen LogP contribution in [-0.4, -0.2) is 22.3 Å². The van der Waals surface area contributed by atoms with E-state index < -0.39 is 11.7 Å². The summed E-state index contributed by atoms with van der Waals surface area (Å²) in [5, 5.41) is 7.13. The first-order chi connectivity index (χ1) is 12.1. The number of rotatable bonds is 5. The Morgan fingerprint density at radius 2 is 1.93 bits per heavy atom. The summed E-state index contributed by atoms with van der Waals surface area (Å²) in [5.41, 5.74) is 6.92. The number of nitrogens with one attached hydrogen (secondary N) is 1. The molecule has 0 bridgehead atoms. The van der Waals surface area contributed by atoms with Crippen molar-refractivity contribution in [3.8, 4) is 5.69 Å². The van der Waals surface area contributed by atoms with Crippen LogP contribution in [0.3, 0.4) is 0 Å². The lowest BCUT2D eigenvalue weighted by atomic mass is 10.1. The van der Waals surface area contributed by atoms with E-state index >= 15 is 0 Å². The first kappa shape index (κ1) is 23.3. The molecule has 2 aromatic rings. The molecule has 0 amide bonds. The van der Waals surface area contributed by atoms with Crippen LogP contribution in [0.4, 0.5) is 13.2 Å². The van der Waals surface area contributed by atoms with Crippen LogP contribution >= 0.6 is 24.0 Å². The quantitative estimate of drug-likeness (QED) is 0.372.